The van der Waals surface area contributed by atoms with Gasteiger partial charge in [-0.15, -0.1) is 0 Å². The number of halogens is 1. The van der Waals surface area contributed by atoms with Gasteiger partial charge in [0.1, 0.15) is 5.82 Å². The average molecular weight is 289 g/mol. The molecule has 0 aliphatic rings. The van der Waals surface area contributed by atoms with Gasteiger partial charge in [0.25, 0.3) is 0 Å². The third kappa shape index (κ3) is 5.67. The van der Waals surface area contributed by atoms with E-state index in [0.717, 1.165) is 6.07 Å². The number of aliphatic hydroxyl groups excluding tert-OH is 1. The van der Waals surface area contributed by atoms with Crippen molar-refractivity contribution in [2.75, 3.05) is 18.8 Å². The number of rotatable bonds is 7. The average Bonchev–Trinajstić information content (AvgIpc) is 2.27. The fourth-order valence-electron chi connectivity index (χ4n) is 1.61. The minimum atomic E-state index is -3.66. The number of aliphatic hydroxyl groups is 1. The molecule has 1 aromatic rings. The van der Waals surface area contributed by atoms with Crippen LogP contribution in [0.3, 0.4) is 0 Å². The van der Waals surface area contributed by atoms with E-state index in [1.807, 2.05) is 13.8 Å². The van der Waals surface area contributed by atoms with Gasteiger partial charge in [0, 0.05) is 6.54 Å². The minimum Gasteiger partial charge on any atom is -0.391 e. The standard InChI is InChI=1S/C13H20FNO3S/c1-10(2)7-15-8-12(16)9-19(17,18)13-5-3-4-11(14)6-13/h3-6,10,12,15-16H,7-9H2,1-2H3. The van der Waals surface area contributed by atoms with E-state index in [4.69, 9.17) is 0 Å². The third-order valence-electron chi connectivity index (χ3n) is 2.50. The molecule has 0 saturated carbocycles. The van der Waals surface area contributed by atoms with E-state index in [9.17, 15) is 17.9 Å². The first-order valence-corrected chi connectivity index (χ1v) is 7.83. The monoisotopic (exact) mass is 289 g/mol. The molecule has 0 aliphatic heterocycles. The Morgan fingerprint density at radius 1 is 1.32 bits per heavy atom. The number of sulfone groups is 1. The molecule has 4 nitrogen and oxygen atoms in total. The molecular formula is C13H20FNO3S. The van der Waals surface area contributed by atoms with Crippen LogP contribution >= 0.6 is 0 Å². The predicted octanol–water partition coefficient (Wildman–Crippen LogP) is 1.21. The molecule has 19 heavy (non-hydrogen) atoms. The van der Waals surface area contributed by atoms with Crippen molar-refractivity contribution in [3.8, 4) is 0 Å². The highest BCUT2D eigenvalue weighted by Gasteiger charge is 2.20. The van der Waals surface area contributed by atoms with Gasteiger partial charge in [-0.3, -0.25) is 0 Å². The van der Waals surface area contributed by atoms with Crippen molar-refractivity contribution in [1.29, 1.82) is 0 Å². The minimum absolute atomic E-state index is 0.101. The van der Waals surface area contributed by atoms with Crippen LogP contribution in [0.25, 0.3) is 0 Å². The first-order valence-electron chi connectivity index (χ1n) is 6.18. The zero-order valence-electron chi connectivity index (χ0n) is 11.1. The van der Waals surface area contributed by atoms with Crippen LogP contribution in [0.5, 0.6) is 0 Å². The van der Waals surface area contributed by atoms with E-state index < -0.39 is 27.5 Å². The maximum atomic E-state index is 13.0. The van der Waals surface area contributed by atoms with Crippen LogP contribution in [-0.4, -0.2) is 38.5 Å². The lowest BCUT2D eigenvalue weighted by Gasteiger charge is -2.13. The molecular weight excluding hydrogens is 269 g/mol. The Hall–Kier alpha value is -0.980. The third-order valence-corrected chi connectivity index (χ3v) is 4.30. The summed E-state index contributed by atoms with van der Waals surface area (Å²) in [4.78, 5) is -0.101. The second kappa shape index (κ2) is 6.98. The zero-order chi connectivity index (χ0) is 14.5. The Bertz CT molecular complexity index is 502. The van der Waals surface area contributed by atoms with E-state index in [-0.39, 0.29) is 11.4 Å². The summed E-state index contributed by atoms with van der Waals surface area (Å²) in [5.41, 5.74) is 0. The van der Waals surface area contributed by atoms with Crippen LogP contribution in [0.15, 0.2) is 29.2 Å². The normalized spacial score (nSPS) is 13.7. The van der Waals surface area contributed by atoms with Crippen molar-refractivity contribution >= 4 is 9.84 Å². The topological polar surface area (TPSA) is 66.4 Å². The Morgan fingerprint density at radius 2 is 2.00 bits per heavy atom. The molecule has 108 valence electrons. The lowest BCUT2D eigenvalue weighted by Crippen LogP contribution is -2.34. The quantitative estimate of drug-likeness (QED) is 0.792. The number of hydrogen-bond acceptors (Lipinski definition) is 4. The fourth-order valence-corrected chi connectivity index (χ4v) is 3.00. The van der Waals surface area contributed by atoms with Crippen LogP contribution in [0.4, 0.5) is 4.39 Å². The summed E-state index contributed by atoms with van der Waals surface area (Å²) < 4.78 is 36.9. The van der Waals surface area contributed by atoms with Crippen molar-refractivity contribution in [1.82, 2.24) is 5.32 Å². The van der Waals surface area contributed by atoms with Gasteiger partial charge in [-0.1, -0.05) is 19.9 Å². The molecule has 0 fully saturated rings. The lowest BCUT2D eigenvalue weighted by molar-refractivity contribution is 0.192. The molecule has 0 aromatic heterocycles. The lowest BCUT2D eigenvalue weighted by atomic mass is 10.2. The van der Waals surface area contributed by atoms with Crippen molar-refractivity contribution in [3.05, 3.63) is 30.1 Å². The number of hydrogen-bond donors (Lipinski definition) is 2. The summed E-state index contributed by atoms with van der Waals surface area (Å²) in [5.74, 6) is -0.595. The smallest absolute Gasteiger partial charge is 0.181 e. The van der Waals surface area contributed by atoms with Crippen molar-refractivity contribution < 1.29 is 17.9 Å². The van der Waals surface area contributed by atoms with Gasteiger partial charge in [0.15, 0.2) is 9.84 Å². The molecule has 1 aromatic carbocycles. The highest BCUT2D eigenvalue weighted by atomic mass is 32.2. The fraction of sp³-hybridized carbons (Fsp3) is 0.538. The number of benzene rings is 1. The van der Waals surface area contributed by atoms with Gasteiger partial charge in [-0.25, -0.2) is 12.8 Å². The molecule has 0 amide bonds. The summed E-state index contributed by atoms with van der Waals surface area (Å²) in [5, 5.41) is 12.7. The van der Waals surface area contributed by atoms with Gasteiger partial charge in [0.2, 0.25) is 0 Å². The van der Waals surface area contributed by atoms with Crippen molar-refractivity contribution in [3.63, 3.8) is 0 Å². The van der Waals surface area contributed by atoms with E-state index in [1.54, 1.807) is 0 Å². The van der Waals surface area contributed by atoms with Gasteiger partial charge < -0.3 is 10.4 Å². The highest BCUT2D eigenvalue weighted by Crippen LogP contribution is 2.13. The molecule has 0 bridgehead atoms. The summed E-state index contributed by atoms with van der Waals surface area (Å²) in [7, 11) is -3.66. The molecule has 2 N–H and O–H groups in total. The van der Waals surface area contributed by atoms with Crippen LogP contribution in [0.2, 0.25) is 0 Å². The molecule has 0 aliphatic carbocycles. The number of nitrogens with one attached hydrogen (secondary N) is 1. The molecule has 0 spiro atoms. The van der Waals surface area contributed by atoms with E-state index in [1.165, 1.54) is 18.2 Å². The summed E-state index contributed by atoms with van der Waals surface area (Å²) >= 11 is 0. The largest absolute Gasteiger partial charge is 0.391 e. The highest BCUT2D eigenvalue weighted by molar-refractivity contribution is 7.91. The van der Waals surface area contributed by atoms with Gasteiger partial charge in [0.05, 0.1) is 16.8 Å². The van der Waals surface area contributed by atoms with Crippen molar-refractivity contribution in [2.45, 2.75) is 24.8 Å². The van der Waals surface area contributed by atoms with Crippen LogP contribution in [0.1, 0.15) is 13.8 Å². The second-order valence-electron chi connectivity index (χ2n) is 4.94. The molecule has 0 saturated heterocycles. The molecule has 1 unspecified atom stereocenters. The molecule has 0 radical (unpaired) electrons. The Balaban J connectivity index is 2.59. The summed E-state index contributed by atoms with van der Waals surface area (Å²) in [6.07, 6.45) is -1.01. The zero-order valence-corrected chi connectivity index (χ0v) is 12.0. The Labute approximate surface area is 113 Å². The summed E-state index contributed by atoms with van der Waals surface area (Å²) in [6, 6.07) is 4.81. The first kappa shape index (κ1) is 16.1. The van der Waals surface area contributed by atoms with Gasteiger partial charge in [-0.05, 0) is 30.7 Å². The SMILES string of the molecule is CC(C)CNCC(O)CS(=O)(=O)c1cccc(F)c1. The van der Waals surface area contributed by atoms with Crippen molar-refractivity contribution in [2.24, 2.45) is 5.92 Å². The van der Waals surface area contributed by atoms with Crippen LogP contribution in [-0.2, 0) is 9.84 Å². The molecule has 0 heterocycles. The van der Waals surface area contributed by atoms with E-state index in [0.29, 0.717) is 12.5 Å². The Morgan fingerprint density at radius 3 is 2.58 bits per heavy atom. The van der Waals surface area contributed by atoms with Gasteiger partial charge in [-0.2, -0.15) is 0 Å². The van der Waals surface area contributed by atoms with Gasteiger partial charge >= 0.3 is 0 Å². The van der Waals surface area contributed by atoms with Crippen LogP contribution < -0.4 is 5.32 Å². The van der Waals surface area contributed by atoms with E-state index in [2.05, 4.69) is 5.32 Å². The maximum absolute atomic E-state index is 13.0. The second-order valence-corrected chi connectivity index (χ2v) is 6.98. The molecule has 6 heteroatoms. The Kier molecular flexibility index (Phi) is 5.90. The molecule has 1 rings (SSSR count). The van der Waals surface area contributed by atoms with Crippen LogP contribution in [0, 0.1) is 11.7 Å². The van der Waals surface area contributed by atoms with E-state index >= 15 is 0 Å². The predicted molar refractivity (Wildman–Crippen MR) is 72.2 cm³/mol. The summed E-state index contributed by atoms with van der Waals surface area (Å²) in [6.45, 7) is 4.94. The first-order chi connectivity index (χ1) is 8.81. The molecule has 1 atom stereocenters. The maximum Gasteiger partial charge on any atom is 0.181 e.